The van der Waals surface area contributed by atoms with E-state index in [4.69, 9.17) is 9.47 Å². The van der Waals surface area contributed by atoms with Crippen molar-refractivity contribution >= 4 is 6.09 Å². The number of hydrogen-bond donors (Lipinski definition) is 0. The third-order valence-electron chi connectivity index (χ3n) is 5.05. The van der Waals surface area contributed by atoms with E-state index in [1.165, 1.54) is 23.1 Å². The lowest BCUT2D eigenvalue weighted by Crippen LogP contribution is -2.40. The molecule has 3 heterocycles. The highest BCUT2D eigenvalue weighted by Crippen LogP contribution is 2.23. The van der Waals surface area contributed by atoms with Crippen molar-refractivity contribution in [2.24, 2.45) is 5.92 Å². The highest BCUT2D eigenvalue weighted by molar-refractivity contribution is 5.67. The number of benzene rings is 1. The van der Waals surface area contributed by atoms with E-state index < -0.39 is 5.82 Å². The molecule has 0 spiro atoms. The Kier molecular flexibility index (Phi) is 6.57. The molecule has 0 N–H and O–H groups in total. The Labute approximate surface area is 184 Å². The SMILES string of the molecule is CC(C)COC(=O)N1CCC(n2ncc(COc3ccc(-n4cnnn4)cc3F)n2)CC1. The number of amides is 1. The first-order valence-corrected chi connectivity index (χ1v) is 10.5. The minimum Gasteiger partial charge on any atom is -0.484 e. The second-order valence-corrected chi connectivity index (χ2v) is 8.00. The molecular weight excluding hydrogens is 419 g/mol. The molecule has 32 heavy (non-hydrogen) atoms. The molecule has 2 aromatic heterocycles. The fourth-order valence-corrected chi connectivity index (χ4v) is 3.34. The van der Waals surface area contributed by atoms with E-state index in [0.717, 1.165) is 12.8 Å². The zero-order valence-corrected chi connectivity index (χ0v) is 18.0. The van der Waals surface area contributed by atoms with Crippen LogP contribution in [0.15, 0.2) is 30.7 Å². The van der Waals surface area contributed by atoms with Crippen LogP contribution < -0.4 is 4.74 Å². The monoisotopic (exact) mass is 444 g/mol. The van der Waals surface area contributed by atoms with Gasteiger partial charge in [0.2, 0.25) is 0 Å². The van der Waals surface area contributed by atoms with Gasteiger partial charge in [0.15, 0.2) is 11.6 Å². The topological polar surface area (TPSA) is 113 Å². The number of nitrogens with zero attached hydrogens (tertiary/aromatic N) is 8. The first-order valence-electron chi connectivity index (χ1n) is 10.5. The van der Waals surface area contributed by atoms with E-state index in [1.807, 2.05) is 13.8 Å². The molecule has 1 aromatic carbocycles. The summed E-state index contributed by atoms with van der Waals surface area (Å²) < 4.78 is 26.6. The standard InChI is InChI=1S/C20H25FN8O3/c1-14(2)11-32-20(30)27-7-5-16(6-8-27)29-23-10-15(24-29)12-31-19-4-3-17(9-18(19)21)28-13-22-25-26-28/h3-4,9-10,13-14,16H,5-8,11-12H2,1-2H3. The fraction of sp³-hybridized carbons (Fsp3) is 0.500. The van der Waals surface area contributed by atoms with Crippen molar-refractivity contribution in [3.8, 4) is 11.4 Å². The average Bonchev–Trinajstić information content (AvgIpc) is 3.49. The predicted octanol–water partition coefficient (Wildman–Crippen LogP) is 2.40. The summed E-state index contributed by atoms with van der Waals surface area (Å²) in [7, 11) is 0. The fourth-order valence-electron chi connectivity index (χ4n) is 3.34. The minimum absolute atomic E-state index is 0.0848. The molecule has 1 aliphatic rings. The normalized spacial score (nSPS) is 14.7. The van der Waals surface area contributed by atoms with Gasteiger partial charge < -0.3 is 14.4 Å². The van der Waals surface area contributed by atoms with Crippen molar-refractivity contribution in [3.05, 3.63) is 42.2 Å². The van der Waals surface area contributed by atoms with Gasteiger partial charge in [-0.3, -0.25) is 0 Å². The van der Waals surface area contributed by atoms with Crippen molar-refractivity contribution in [3.63, 3.8) is 0 Å². The number of halogens is 1. The molecule has 0 radical (unpaired) electrons. The molecule has 1 fully saturated rings. The van der Waals surface area contributed by atoms with Crippen molar-refractivity contribution in [1.82, 2.24) is 40.1 Å². The summed E-state index contributed by atoms with van der Waals surface area (Å²) >= 11 is 0. The molecule has 11 nitrogen and oxygen atoms in total. The smallest absolute Gasteiger partial charge is 0.409 e. The Morgan fingerprint density at radius 3 is 2.78 bits per heavy atom. The summed E-state index contributed by atoms with van der Waals surface area (Å²) in [5.74, 6) is -0.116. The van der Waals surface area contributed by atoms with E-state index >= 15 is 0 Å². The molecule has 1 aliphatic heterocycles. The van der Waals surface area contributed by atoms with Crippen LogP contribution in [0.1, 0.15) is 38.4 Å². The van der Waals surface area contributed by atoms with E-state index in [0.29, 0.717) is 37.0 Å². The lowest BCUT2D eigenvalue weighted by molar-refractivity contribution is 0.0776. The molecule has 4 rings (SSSR count). The maximum absolute atomic E-state index is 14.4. The zero-order chi connectivity index (χ0) is 22.5. The highest BCUT2D eigenvalue weighted by atomic mass is 19.1. The maximum Gasteiger partial charge on any atom is 0.409 e. The van der Waals surface area contributed by atoms with Crippen molar-refractivity contribution in [2.45, 2.75) is 39.3 Å². The van der Waals surface area contributed by atoms with Gasteiger partial charge in [0, 0.05) is 19.2 Å². The Morgan fingerprint density at radius 1 is 1.28 bits per heavy atom. The van der Waals surface area contributed by atoms with Gasteiger partial charge >= 0.3 is 6.09 Å². The maximum atomic E-state index is 14.4. The van der Waals surface area contributed by atoms with E-state index in [1.54, 1.807) is 22.0 Å². The molecule has 170 valence electrons. The summed E-state index contributed by atoms with van der Waals surface area (Å²) in [4.78, 5) is 15.5. The molecule has 0 atom stereocenters. The van der Waals surface area contributed by atoms with Gasteiger partial charge in [-0.15, -0.1) is 5.10 Å². The number of carbonyl (C=O) groups excluding carboxylic acids is 1. The number of piperidine rings is 1. The number of tetrazole rings is 1. The minimum atomic E-state index is -0.526. The van der Waals surface area contributed by atoms with Crippen LogP contribution >= 0.6 is 0 Å². The van der Waals surface area contributed by atoms with Crippen LogP contribution in [-0.2, 0) is 11.3 Å². The summed E-state index contributed by atoms with van der Waals surface area (Å²) in [6, 6.07) is 4.56. The van der Waals surface area contributed by atoms with Gasteiger partial charge in [0.1, 0.15) is 18.6 Å². The lowest BCUT2D eigenvalue weighted by atomic mass is 10.1. The van der Waals surface area contributed by atoms with E-state index in [-0.39, 0.29) is 24.5 Å². The van der Waals surface area contributed by atoms with Crippen LogP contribution in [0.25, 0.3) is 5.69 Å². The van der Waals surface area contributed by atoms with Crippen LogP contribution in [0.4, 0.5) is 9.18 Å². The van der Waals surface area contributed by atoms with Gasteiger partial charge in [-0.05, 0) is 41.3 Å². The van der Waals surface area contributed by atoms with Gasteiger partial charge in [-0.2, -0.15) is 15.0 Å². The Bertz CT molecular complexity index is 1030. The number of carbonyl (C=O) groups is 1. The Balaban J connectivity index is 1.28. The molecular formula is C20H25FN8O3. The van der Waals surface area contributed by atoms with Crippen LogP contribution in [0.3, 0.4) is 0 Å². The van der Waals surface area contributed by atoms with E-state index in [2.05, 4.69) is 25.7 Å². The van der Waals surface area contributed by atoms with Gasteiger partial charge in [-0.25, -0.2) is 13.9 Å². The quantitative estimate of drug-likeness (QED) is 0.546. The number of likely N-dealkylation sites (tertiary alicyclic amines) is 1. The summed E-state index contributed by atoms with van der Waals surface area (Å²) in [6.07, 6.45) is 4.19. The Hall–Kier alpha value is -3.57. The van der Waals surface area contributed by atoms with Crippen molar-refractivity contribution in [2.75, 3.05) is 19.7 Å². The molecule has 0 aliphatic carbocycles. The van der Waals surface area contributed by atoms with Crippen LogP contribution in [0.5, 0.6) is 5.75 Å². The van der Waals surface area contributed by atoms with Crippen LogP contribution in [0, 0.1) is 11.7 Å². The summed E-state index contributed by atoms with van der Waals surface area (Å²) in [6.45, 7) is 5.70. The molecule has 0 unspecified atom stereocenters. The number of hydrogen-bond acceptors (Lipinski definition) is 8. The highest BCUT2D eigenvalue weighted by Gasteiger charge is 2.26. The number of rotatable bonds is 7. The third-order valence-corrected chi connectivity index (χ3v) is 5.05. The summed E-state index contributed by atoms with van der Waals surface area (Å²) in [5, 5.41) is 19.6. The van der Waals surface area contributed by atoms with Crippen LogP contribution in [0.2, 0.25) is 0 Å². The Morgan fingerprint density at radius 2 is 2.09 bits per heavy atom. The second kappa shape index (κ2) is 9.71. The van der Waals surface area contributed by atoms with Crippen molar-refractivity contribution < 1.29 is 18.7 Å². The van der Waals surface area contributed by atoms with E-state index in [9.17, 15) is 9.18 Å². The molecule has 12 heteroatoms. The molecule has 1 amide bonds. The average molecular weight is 444 g/mol. The van der Waals surface area contributed by atoms with Crippen molar-refractivity contribution in [1.29, 1.82) is 0 Å². The summed E-state index contributed by atoms with van der Waals surface area (Å²) in [5.41, 5.74) is 1.08. The molecule has 0 bridgehead atoms. The number of ether oxygens (including phenoxy) is 2. The first-order chi connectivity index (χ1) is 15.5. The van der Waals surface area contributed by atoms with Gasteiger partial charge in [0.25, 0.3) is 0 Å². The largest absolute Gasteiger partial charge is 0.484 e. The molecule has 1 saturated heterocycles. The predicted molar refractivity (Wildman–Crippen MR) is 109 cm³/mol. The zero-order valence-electron chi connectivity index (χ0n) is 18.0. The van der Waals surface area contributed by atoms with Crippen LogP contribution in [-0.4, -0.2) is 65.9 Å². The van der Waals surface area contributed by atoms with Gasteiger partial charge in [0.05, 0.1) is 24.5 Å². The molecule has 3 aromatic rings. The van der Waals surface area contributed by atoms with Gasteiger partial charge in [-0.1, -0.05) is 13.8 Å². The second-order valence-electron chi connectivity index (χ2n) is 8.00. The third kappa shape index (κ3) is 5.18. The lowest BCUT2D eigenvalue weighted by Gasteiger charge is -2.30. The molecule has 0 saturated carbocycles. The number of aromatic nitrogens is 7. The first kappa shape index (κ1) is 21.7.